The summed E-state index contributed by atoms with van der Waals surface area (Å²) in [7, 11) is -4.76. The second-order valence-corrected chi connectivity index (χ2v) is 22.3. The molecule has 0 radical (unpaired) electrons. The number of allylic oxidation sites excluding steroid dienone is 14. The zero-order chi connectivity index (χ0) is 56.9. The van der Waals surface area contributed by atoms with Gasteiger partial charge in [-0.15, -0.1) is 0 Å². The number of phosphoric acid groups is 1. The Balaban J connectivity index is 4.69. The summed E-state index contributed by atoms with van der Waals surface area (Å²) in [6.07, 6.45) is 69.6. The molecule has 2 N–H and O–H groups in total. The molecule has 3 unspecified atom stereocenters. The minimum atomic E-state index is -4.76. The standard InChI is InChI=1S/C66H115O11P/c1-4-7-10-13-16-19-22-25-27-29-31-33-35-38-41-44-47-50-53-56-65(69)76-62(58-67)60-74-78(71,72)75-61-63(59-73-64(68)55-52-49-46-43-40-37-24-21-18-15-12-9-6-3)77-66(70)57-54-51-48-45-42-39-36-34-32-30-28-26-23-20-17-14-11-8-5-2/h12,15-17,19-21,24-28,32,34,62-63,67H,4-11,13-14,18,22-23,29-31,33,35-61H2,1-3H3,(H,71,72)/b15-12-,19-16-,20-17-,24-21-,27-25-,28-26-,34-32-. The molecule has 12 heteroatoms. The van der Waals surface area contributed by atoms with Crippen LogP contribution in [0.3, 0.4) is 0 Å². The zero-order valence-electron chi connectivity index (χ0n) is 49.9. The molecule has 0 aromatic heterocycles. The fourth-order valence-electron chi connectivity index (χ4n) is 8.43. The third kappa shape index (κ3) is 57.3. The predicted molar refractivity (Wildman–Crippen MR) is 325 cm³/mol. The van der Waals surface area contributed by atoms with Crippen molar-refractivity contribution >= 4 is 25.7 Å². The van der Waals surface area contributed by atoms with Gasteiger partial charge < -0.3 is 24.2 Å². The average molecular weight is 1120 g/mol. The lowest BCUT2D eigenvalue weighted by Gasteiger charge is -2.21. The molecule has 0 spiro atoms. The predicted octanol–water partition coefficient (Wildman–Crippen LogP) is 19.0. The molecule has 0 aromatic carbocycles. The zero-order valence-corrected chi connectivity index (χ0v) is 50.8. The van der Waals surface area contributed by atoms with Crippen LogP contribution >= 0.6 is 7.82 Å². The molecule has 3 atom stereocenters. The molecule has 0 saturated carbocycles. The highest BCUT2D eigenvalue weighted by atomic mass is 31.2. The van der Waals surface area contributed by atoms with E-state index in [1.165, 1.54) is 89.9 Å². The third-order valence-corrected chi connectivity index (χ3v) is 14.2. The van der Waals surface area contributed by atoms with E-state index in [9.17, 15) is 28.9 Å². The van der Waals surface area contributed by atoms with Gasteiger partial charge in [-0.2, -0.15) is 0 Å². The van der Waals surface area contributed by atoms with Crippen LogP contribution in [0.25, 0.3) is 0 Å². The minimum Gasteiger partial charge on any atom is -0.462 e. The monoisotopic (exact) mass is 1110 g/mol. The summed E-state index contributed by atoms with van der Waals surface area (Å²) in [5.74, 6) is -1.50. The van der Waals surface area contributed by atoms with Gasteiger partial charge in [-0.3, -0.25) is 23.4 Å². The van der Waals surface area contributed by atoms with Crippen LogP contribution in [-0.2, 0) is 42.2 Å². The fraction of sp³-hybridized carbons (Fsp3) is 0.742. The van der Waals surface area contributed by atoms with Crippen molar-refractivity contribution in [2.24, 2.45) is 0 Å². The molecule has 0 fully saturated rings. The Morgan fingerprint density at radius 1 is 0.359 bits per heavy atom. The van der Waals surface area contributed by atoms with Crippen molar-refractivity contribution in [2.45, 2.75) is 290 Å². The molecule has 0 saturated heterocycles. The Morgan fingerprint density at radius 3 is 1.01 bits per heavy atom. The van der Waals surface area contributed by atoms with Crippen LogP contribution < -0.4 is 0 Å². The second kappa shape index (κ2) is 59.8. The van der Waals surface area contributed by atoms with E-state index < -0.39 is 57.8 Å². The second-order valence-electron chi connectivity index (χ2n) is 20.9. The number of carbonyl (C=O) groups excluding carboxylic acids is 3. The van der Waals surface area contributed by atoms with E-state index in [4.69, 9.17) is 23.3 Å². The lowest BCUT2D eigenvalue weighted by molar-refractivity contribution is -0.161. The molecule has 0 aliphatic carbocycles. The number of phosphoric ester groups is 1. The van der Waals surface area contributed by atoms with E-state index in [0.29, 0.717) is 19.3 Å². The summed E-state index contributed by atoms with van der Waals surface area (Å²) < 4.78 is 39.6. The number of hydrogen-bond acceptors (Lipinski definition) is 10. The van der Waals surface area contributed by atoms with Crippen molar-refractivity contribution in [1.82, 2.24) is 0 Å². The van der Waals surface area contributed by atoms with E-state index in [-0.39, 0.29) is 25.9 Å². The van der Waals surface area contributed by atoms with Crippen molar-refractivity contribution in [3.8, 4) is 0 Å². The van der Waals surface area contributed by atoms with Gasteiger partial charge in [0.15, 0.2) is 6.10 Å². The summed E-state index contributed by atoms with van der Waals surface area (Å²) >= 11 is 0. The number of hydrogen-bond donors (Lipinski definition) is 2. The number of aliphatic hydroxyl groups excluding tert-OH is 1. The van der Waals surface area contributed by atoms with Gasteiger partial charge in [-0.25, -0.2) is 4.57 Å². The maximum absolute atomic E-state index is 12.9. The smallest absolute Gasteiger partial charge is 0.462 e. The van der Waals surface area contributed by atoms with Gasteiger partial charge in [-0.1, -0.05) is 228 Å². The van der Waals surface area contributed by atoms with Gasteiger partial charge in [-0.05, 0) is 116 Å². The fourth-order valence-corrected chi connectivity index (χ4v) is 9.22. The van der Waals surface area contributed by atoms with E-state index in [1.54, 1.807) is 0 Å². The largest absolute Gasteiger partial charge is 0.472 e. The van der Waals surface area contributed by atoms with Gasteiger partial charge >= 0.3 is 25.7 Å². The number of esters is 3. The van der Waals surface area contributed by atoms with Gasteiger partial charge in [0.1, 0.15) is 12.7 Å². The molecule has 0 aliphatic heterocycles. The summed E-state index contributed by atoms with van der Waals surface area (Å²) in [5, 5.41) is 9.85. The molecular weight excluding hydrogens is 1000 g/mol. The van der Waals surface area contributed by atoms with E-state index in [1.807, 2.05) is 0 Å². The van der Waals surface area contributed by atoms with E-state index >= 15 is 0 Å². The van der Waals surface area contributed by atoms with Crippen molar-refractivity contribution in [3.05, 3.63) is 85.1 Å². The van der Waals surface area contributed by atoms with Crippen LogP contribution in [0.5, 0.6) is 0 Å². The Kier molecular flexibility index (Phi) is 57.2. The molecular formula is C66H115O11P. The highest BCUT2D eigenvalue weighted by Crippen LogP contribution is 2.43. The molecule has 0 bridgehead atoms. The molecule has 78 heavy (non-hydrogen) atoms. The van der Waals surface area contributed by atoms with Gasteiger partial charge in [0.2, 0.25) is 0 Å². The Labute approximate surface area is 477 Å². The van der Waals surface area contributed by atoms with Crippen LogP contribution in [0, 0.1) is 0 Å². The van der Waals surface area contributed by atoms with Crippen LogP contribution in [0.4, 0.5) is 0 Å². The van der Waals surface area contributed by atoms with E-state index in [0.717, 1.165) is 128 Å². The van der Waals surface area contributed by atoms with Gasteiger partial charge in [0.05, 0.1) is 19.8 Å². The van der Waals surface area contributed by atoms with Crippen LogP contribution in [0.1, 0.15) is 278 Å². The van der Waals surface area contributed by atoms with Gasteiger partial charge in [0.25, 0.3) is 0 Å². The minimum absolute atomic E-state index is 0.147. The Bertz CT molecular complexity index is 1630. The first-order valence-corrected chi connectivity index (χ1v) is 33.0. The summed E-state index contributed by atoms with van der Waals surface area (Å²) in [5.41, 5.74) is 0. The lowest BCUT2D eigenvalue weighted by atomic mass is 10.1. The number of carbonyl (C=O) groups is 3. The molecule has 11 nitrogen and oxygen atoms in total. The molecule has 0 aliphatic rings. The van der Waals surface area contributed by atoms with Crippen molar-refractivity contribution in [3.63, 3.8) is 0 Å². The van der Waals surface area contributed by atoms with Crippen molar-refractivity contribution in [2.75, 3.05) is 26.4 Å². The molecule has 0 rings (SSSR count). The van der Waals surface area contributed by atoms with Crippen LogP contribution in [0.15, 0.2) is 85.1 Å². The molecule has 0 amide bonds. The summed E-state index contributed by atoms with van der Waals surface area (Å²) in [6.45, 7) is 4.52. The normalized spacial score (nSPS) is 13.9. The highest BCUT2D eigenvalue weighted by Gasteiger charge is 2.28. The summed E-state index contributed by atoms with van der Waals surface area (Å²) in [6, 6.07) is 0. The molecule has 0 heterocycles. The third-order valence-electron chi connectivity index (χ3n) is 13.2. The molecule has 450 valence electrons. The topological polar surface area (TPSA) is 155 Å². The maximum Gasteiger partial charge on any atom is 0.472 e. The van der Waals surface area contributed by atoms with Gasteiger partial charge in [0, 0.05) is 19.3 Å². The van der Waals surface area contributed by atoms with Crippen molar-refractivity contribution < 1.29 is 52.2 Å². The maximum atomic E-state index is 12.9. The lowest BCUT2D eigenvalue weighted by Crippen LogP contribution is -2.30. The average Bonchev–Trinajstić information content (AvgIpc) is 3.43. The molecule has 0 aromatic rings. The van der Waals surface area contributed by atoms with E-state index in [2.05, 4.69) is 106 Å². The first-order chi connectivity index (χ1) is 38.2. The van der Waals surface area contributed by atoms with Crippen LogP contribution in [-0.4, -0.2) is 66.5 Å². The van der Waals surface area contributed by atoms with Crippen LogP contribution in [0.2, 0.25) is 0 Å². The first-order valence-electron chi connectivity index (χ1n) is 31.5. The Hall–Kier alpha value is -3.34. The SMILES string of the molecule is CCC/C=C\C/C=C\CCCCCCCC(=O)OCC(COP(=O)(O)OCC(CO)OC(=O)CCCCCCCCCCC/C=C\C/C=C\CCCCC)OC(=O)CCCCCCCC/C=C\C/C=C\C/C=C\CCCCC. The first kappa shape index (κ1) is 74.7. The van der Waals surface area contributed by atoms with Crippen molar-refractivity contribution in [1.29, 1.82) is 0 Å². The number of ether oxygens (including phenoxy) is 3. The highest BCUT2D eigenvalue weighted by molar-refractivity contribution is 7.47. The number of unbranched alkanes of at least 4 members (excludes halogenated alkanes) is 27. The Morgan fingerprint density at radius 2 is 0.654 bits per heavy atom. The number of rotatable bonds is 58. The number of aliphatic hydroxyl groups is 1. The quantitative estimate of drug-likeness (QED) is 0.0197. The summed E-state index contributed by atoms with van der Waals surface area (Å²) in [4.78, 5) is 48.7.